The molecule has 8 nitrogen and oxygen atoms in total. The fraction of sp³-hybridized carbons (Fsp3) is 0.344. The van der Waals surface area contributed by atoms with Gasteiger partial charge in [-0.3, -0.25) is 9.98 Å². The van der Waals surface area contributed by atoms with E-state index in [9.17, 15) is 4.79 Å². The summed E-state index contributed by atoms with van der Waals surface area (Å²) < 4.78 is 31.7. The van der Waals surface area contributed by atoms with Gasteiger partial charge >= 0.3 is 5.69 Å². The number of aryl methyl sites for hydroxylation is 1. The highest BCUT2D eigenvalue weighted by atomic mass is 35.5. The minimum Gasteiger partial charge on any atom is -0.374 e. The van der Waals surface area contributed by atoms with Gasteiger partial charge in [-0.05, 0) is 82.3 Å². The van der Waals surface area contributed by atoms with Gasteiger partial charge in [0, 0.05) is 47.4 Å². The summed E-state index contributed by atoms with van der Waals surface area (Å²) in [6.45, 7) is 9.91. The van der Waals surface area contributed by atoms with Gasteiger partial charge in [-0.1, -0.05) is 23.7 Å². The van der Waals surface area contributed by atoms with E-state index in [1.54, 1.807) is 49.5 Å². The average molecular weight is 610 g/mol. The topological polar surface area (TPSA) is 125 Å². The van der Waals surface area contributed by atoms with Crippen LogP contribution in [0.2, 0.25) is 5.02 Å². The predicted molar refractivity (Wildman–Crippen MR) is 170 cm³/mol. The first kappa shape index (κ1) is 32.1. The van der Waals surface area contributed by atoms with Crippen LogP contribution in [-0.4, -0.2) is 39.0 Å². The molecule has 43 heavy (non-hydrogen) atoms. The zero-order chi connectivity index (χ0) is 31.3. The molecule has 2 heterocycles. The number of hydrogen-bond donors (Lipinski definition) is 5. The van der Waals surface area contributed by atoms with E-state index in [1.165, 1.54) is 10.6 Å². The van der Waals surface area contributed by atoms with Gasteiger partial charge in [-0.15, -0.1) is 6.58 Å². The molecule has 3 atom stereocenters. The molecule has 0 bridgehead atoms. The number of aromatic nitrogens is 3. The second-order valence-corrected chi connectivity index (χ2v) is 11.4. The highest BCUT2D eigenvalue weighted by Crippen LogP contribution is 2.31. The van der Waals surface area contributed by atoms with E-state index in [0.717, 1.165) is 18.4 Å². The van der Waals surface area contributed by atoms with Crippen molar-refractivity contribution in [1.29, 1.82) is 5.41 Å². The maximum absolute atomic E-state index is 15.3. The molecule has 0 aliphatic heterocycles. The number of aromatic amines is 1. The van der Waals surface area contributed by atoms with E-state index in [-0.39, 0.29) is 34.4 Å². The summed E-state index contributed by atoms with van der Waals surface area (Å²) in [5.74, 6) is -0.668. The number of nitrogens with two attached hydrogens (primary N) is 1. The van der Waals surface area contributed by atoms with Gasteiger partial charge in [0.15, 0.2) is 5.82 Å². The molecule has 0 aliphatic carbocycles. The van der Waals surface area contributed by atoms with Crippen molar-refractivity contribution >= 4 is 28.5 Å². The Labute approximate surface area is 254 Å². The van der Waals surface area contributed by atoms with Crippen LogP contribution in [0.4, 0.5) is 8.78 Å². The molecule has 4 rings (SSSR count). The summed E-state index contributed by atoms with van der Waals surface area (Å²) in [4.78, 5) is 20.1. The first-order chi connectivity index (χ1) is 20.5. The number of rotatable bonds is 13. The molecular weight excluding hydrogens is 572 g/mol. The summed E-state index contributed by atoms with van der Waals surface area (Å²) in [5, 5.41) is 14.3. The second-order valence-electron chi connectivity index (χ2n) is 11.0. The van der Waals surface area contributed by atoms with Gasteiger partial charge < -0.3 is 21.4 Å². The van der Waals surface area contributed by atoms with E-state index >= 15 is 8.78 Å². The van der Waals surface area contributed by atoms with Crippen molar-refractivity contribution in [3.8, 4) is 16.9 Å². The zero-order valence-corrected chi connectivity index (χ0v) is 25.4. The van der Waals surface area contributed by atoms with Crippen molar-refractivity contribution in [1.82, 2.24) is 25.2 Å². The van der Waals surface area contributed by atoms with E-state index in [2.05, 4.69) is 27.2 Å². The molecule has 0 saturated heterocycles. The fourth-order valence-corrected chi connectivity index (χ4v) is 5.29. The SMILES string of the molecule is C=C[C@@H](CCNC(C)=N)N[C@@H](C)c1ccc(-n2cc3cc(-c4cc(CCC[C@H](C)N)cc(Cl)c4F)[nH]c3nc2=O)cc1F. The van der Waals surface area contributed by atoms with Gasteiger partial charge in [0.2, 0.25) is 0 Å². The van der Waals surface area contributed by atoms with E-state index in [4.69, 9.17) is 22.7 Å². The lowest BCUT2D eigenvalue weighted by molar-refractivity contribution is 0.469. The maximum atomic E-state index is 15.3. The molecule has 2 aromatic carbocycles. The van der Waals surface area contributed by atoms with Gasteiger partial charge in [-0.2, -0.15) is 4.98 Å². The minimum atomic E-state index is -0.608. The normalized spacial score (nSPS) is 13.6. The molecule has 0 radical (unpaired) electrons. The number of fused-ring (bicyclic) bond motifs is 1. The summed E-state index contributed by atoms with van der Waals surface area (Å²) in [5.41, 5.74) is 7.86. The quantitative estimate of drug-likeness (QED) is 0.0705. The first-order valence-corrected chi connectivity index (χ1v) is 14.7. The van der Waals surface area contributed by atoms with Crippen molar-refractivity contribution in [2.45, 2.75) is 64.6 Å². The predicted octanol–water partition coefficient (Wildman–Crippen LogP) is 6.16. The zero-order valence-electron chi connectivity index (χ0n) is 24.6. The third-order valence-corrected chi connectivity index (χ3v) is 7.61. The largest absolute Gasteiger partial charge is 0.374 e. The molecule has 0 saturated carbocycles. The molecule has 2 aromatic heterocycles. The summed E-state index contributed by atoms with van der Waals surface area (Å²) in [6, 6.07) is 9.30. The van der Waals surface area contributed by atoms with Crippen molar-refractivity contribution < 1.29 is 8.78 Å². The van der Waals surface area contributed by atoms with Crippen LogP contribution >= 0.6 is 11.6 Å². The van der Waals surface area contributed by atoms with Crippen LogP contribution in [0.25, 0.3) is 28.0 Å². The number of H-pyrrole nitrogens is 1. The van der Waals surface area contributed by atoms with Crippen LogP contribution in [0.3, 0.4) is 0 Å². The highest BCUT2D eigenvalue weighted by molar-refractivity contribution is 6.31. The third kappa shape index (κ3) is 7.95. The fourth-order valence-electron chi connectivity index (χ4n) is 5.05. The van der Waals surface area contributed by atoms with Crippen LogP contribution in [0, 0.1) is 17.0 Å². The monoisotopic (exact) mass is 609 g/mol. The van der Waals surface area contributed by atoms with Crippen molar-refractivity contribution in [3.63, 3.8) is 0 Å². The lowest BCUT2D eigenvalue weighted by Gasteiger charge is -2.22. The van der Waals surface area contributed by atoms with Gasteiger partial charge in [0.05, 0.1) is 22.2 Å². The Hall–Kier alpha value is -3.86. The van der Waals surface area contributed by atoms with Crippen LogP contribution in [0.15, 0.2) is 60.0 Å². The summed E-state index contributed by atoms with van der Waals surface area (Å²) in [6.07, 6.45) is 6.37. The Morgan fingerprint density at radius 2 is 2.00 bits per heavy atom. The van der Waals surface area contributed by atoms with E-state index in [1.807, 2.05) is 13.8 Å². The van der Waals surface area contributed by atoms with Gasteiger partial charge in [-0.25, -0.2) is 13.6 Å². The number of hydrogen-bond acceptors (Lipinski definition) is 5. The Bertz CT molecular complexity index is 1680. The number of nitrogens with one attached hydrogen (secondary N) is 4. The lowest BCUT2D eigenvalue weighted by atomic mass is 10.0. The molecule has 0 spiro atoms. The number of nitrogens with zero attached hydrogens (tertiary/aromatic N) is 2. The maximum Gasteiger partial charge on any atom is 0.354 e. The standard InChI is InChI=1S/C32H38ClF2N7O/c1-5-23(11-12-38-20(4)37)39-19(3)25-10-9-24(16-28(25)34)42-17-22-15-29(40-31(22)41-32(42)43)26-13-21(8-6-7-18(2)36)14-27(33)30(26)35/h5,9-10,13-19,23,39H,1,6-8,11-12,36H2,2-4H3,(H2,37,38)(H,40,41,43)/t18-,19-,23-/m0/s1. The van der Waals surface area contributed by atoms with Crippen LogP contribution in [0.1, 0.15) is 57.2 Å². The van der Waals surface area contributed by atoms with E-state index < -0.39 is 17.3 Å². The van der Waals surface area contributed by atoms with Gasteiger partial charge in [0.25, 0.3) is 0 Å². The molecule has 6 N–H and O–H groups in total. The number of benzene rings is 2. The van der Waals surface area contributed by atoms with Crippen molar-refractivity contribution in [2.24, 2.45) is 5.73 Å². The highest BCUT2D eigenvalue weighted by Gasteiger charge is 2.18. The smallest absolute Gasteiger partial charge is 0.354 e. The Balaban J connectivity index is 1.58. The molecule has 4 aromatic rings. The van der Waals surface area contributed by atoms with Gasteiger partial charge in [0.1, 0.15) is 11.5 Å². The van der Waals surface area contributed by atoms with Crippen LogP contribution in [0.5, 0.6) is 0 Å². The Kier molecular flexibility index (Phi) is 10.5. The minimum absolute atomic E-state index is 0.0105. The molecule has 0 aliphatic rings. The molecular formula is C32H38ClF2N7O. The van der Waals surface area contributed by atoms with Crippen LogP contribution in [-0.2, 0) is 6.42 Å². The van der Waals surface area contributed by atoms with Crippen LogP contribution < -0.4 is 22.1 Å². The molecule has 0 unspecified atom stereocenters. The summed E-state index contributed by atoms with van der Waals surface area (Å²) in [7, 11) is 0. The average Bonchev–Trinajstić information content (AvgIpc) is 3.35. The summed E-state index contributed by atoms with van der Waals surface area (Å²) >= 11 is 6.22. The van der Waals surface area contributed by atoms with Crippen molar-refractivity contribution in [2.75, 3.05) is 6.54 Å². The van der Waals surface area contributed by atoms with E-state index in [0.29, 0.717) is 47.6 Å². The molecule has 0 fully saturated rings. The van der Waals surface area contributed by atoms with Crippen molar-refractivity contribution in [3.05, 3.63) is 93.5 Å². The number of amidine groups is 1. The molecule has 228 valence electrons. The molecule has 11 heteroatoms. The second kappa shape index (κ2) is 14.1. The lowest BCUT2D eigenvalue weighted by Crippen LogP contribution is -2.34. The first-order valence-electron chi connectivity index (χ1n) is 14.3. The molecule has 0 amide bonds. The number of halogens is 3. The third-order valence-electron chi connectivity index (χ3n) is 7.33. The Morgan fingerprint density at radius 3 is 2.67 bits per heavy atom. The Morgan fingerprint density at radius 1 is 1.23 bits per heavy atom.